The zero-order valence-electron chi connectivity index (χ0n) is 11.2. The SMILES string of the molecule is COc1ccc(NC(=O)CNC(C)C)cc1OC. The number of carbonyl (C=O) groups excluding carboxylic acids is 1. The fourth-order valence-electron chi connectivity index (χ4n) is 1.42. The number of nitrogens with one attached hydrogen (secondary N) is 2. The maximum absolute atomic E-state index is 11.6. The molecule has 1 aromatic rings. The molecule has 1 amide bonds. The van der Waals surface area contributed by atoms with Crippen LogP contribution in [-0.2, 0) is 4.79 Å². The van der Waals surface area contributed by atoms with Crippen LogP contribution in [0.25, 0.3) is 0 Å². The van der Waals surface area contributed by atoms with Crippen LogP contribution in [-0.4, -0.2) is 32.7 Å². The van der Waals surface area contributed by atoms with Crippen LogP contribution < -0.4 is 20.1 Å². The number of carbonyl (C=O) groups is 1. The smallest absolute Gasteiger partial charge is 0.238 e. The van der Waals surface area contributed by atoms with Crippen molar-refractivity contribution in [3.05, 3.63) is 18.2 Å². The molecule has 2 N–H and O–H groups in total. The Morgan fingerprint density at radius 1 is 1.22 bits per heavy atom. The first-order valence-corrected chi connectivity index (χ1v) is 5.82. The fourth-order valence-corrected chi connectivity index (χ4v) is 1.42. The summed E-state index contributed by atoms with van der Waals surface area (Å²) in [5.74, 6) is 1.14. The number of benzene rings is 1. The first kappa shape index (κ1) is 14.3. The minimum absolute atomic E-state index is 0.0871. The van der Waals surface area contributed by atoms with Crippen LogP contribution in [0.4, 0.5) is 5.69 Å². The summed E-state index contributed by atoms with van der Waals surface area (Å²) in [4.78, 5) is 11.6. The van der Waals surface area contributed by atoms with E-state index in [9.17, 15) is 4.79 Å². The van der Waals surface area contributed by atoms with Gasteiger partial charge in [-0.05, 0) is 12.1 Å². The van der Waals surface area contributed by atoms with Gasteiger partial charge in [-0.3, -0.25) is 4.79 Å². The maximum atomic E-state index is 11.6. The van der Waals surface area contributed by atoms with Gasteiger partial charge in [0.1, 0.15) is 0 Å². The second-order valence-corrected chi connectivity index (χ2v) is 4.15. The molecule has 0 spiro atoms. The first-order valence-electron chi connectivity index (χ1n) is 5.82. The van der Waals surface area contributed by atoms with Gasteiger partial charge in [0.15, 0.2) is 11.5 Å². The second-order valence-electron chi connectivity index (χ2n) is 4.15. The lowest BCUT2D eigenvalue weighted by molar-refractivity contribution is -0.115. The quantitative estimate of drug-likeness (QED) is 0.808. The Balaban J connectivity index is 2.64. The van der Waals surface area contributed by atoms with E-state index >= 15 is 0 Å². The van der Waals surface area contributed by atoms with Crippen LogP contribution >= 0.6 is 0 Å². The highest BCUT2D eigenvalue weighted by atomic mass is 16.5. The molecule has 18 heavy (non-hydrogen) atoms. The molecule has 0 aromatic heterocycles. The third-order valence-corrected chi connectivity index (χ3v) is 2.34. The standard InChI is InChI=1S/C13H20N2O3/c1-9(2)14-8-13(16)15-10-5-6-11(17-3)12(7-10)18-4/h5-7,9,14H,8H2,1-4H3,(H,15,16). The summed E-state index contributed by atoms with van der Waals surface area (Å²) in [6.07, 6.45) is 0. The number of anilines is 1. The molecule has 100 valence electrons. The van der Waals surface area contributed by atoms with Gasteiger partial charge >= 0.3 is 0 Å². The number of methoxy groups -OCH3 is 2. The fraction of sp³-hybridized carbons (Fsp3) is 0.462. The van der Waals surface area contributed by atoms with Crippen molar-refractivity contribution in [2.24, 2.45) is 0 Å². The molecule has 0 unspecified atom stereocenters. The Morgan fingerprint density at radius 3 is 2.44 bits per heavy atom. The van der Waals surface area contributed by atoms with E-state index in [-0.39, 0.29) is 18.5 Å². The number of ether oxygens (including phenoxy) is 2. The predicted octanol–water partition coefficient (Wildman–Crippen LogP) is 1.64. The first-order chi connectivity index (χ1) is 8.56. The zero-order valence-corrected chi connectivity index (χ0v) is 11.2. The number of rotatable bonds is 6. The van der Waals surface area contributed by atoms with Crippen molar-refractivity contribution in [2.75, 3.05) is 26.1 Å². The van der Waals surface area contributed by atoms with Crippen molar-refractivity contribution in [1.82, 2.24) is 5.32 Å². The van der Waals surface area contributed by atoms with Crippen molar-refractivity contribution in [3.63, 3.8) is 0 Å². The van der Waals surface area contributed by atoms with E-state index in [1.807, 2.05) is 13.8 Å². The highest BCUT2D eigenvalue weighted by Gasteiger charge is 2.07. The van der Waals surface area contributed by atoms with E-state index in [0.29, 0.717) is 17.2 Å². The Hall–Kier alpha value is -1.75. The Labute approximate surface area is 107 Å². The molecule has 0 fully saturated rings. The average Bonchev–Trinajstić information content (AvgIpc) is 2.36. The molecule has 5 nitrogen and oxygen atoms in total. The van der Waals surface area contributed by atoms with Crippen LogP contribution in [0.15, 0.2) is 18.2 Å². The Bertz CT molecular complexity index is 405. The third-order valence-electron chi connectivity index (χ3n) is 2.34. The van der Waals surface area contributed by atoms with Crippen molar-refractivity contribution < 1.29 is 14.3 Å². The molecule has 0 radical (unpaired) electrons. The number of amides is 1. The van der Waals surface area contributed by atoms with Gasteiger partial charge < -0.3 is 20.1 Å². The summed E-state index contributed by atoms with van der Waals surface area (Å²) < 4.78 is 10.3. The summed E-state index contributed by atoms with van der Waals surface area (Å²) in [7, 11) is 3.13. The normalized spacial score (nSPS) is 10.3. The highest BCUT2D eigenvalue weighted by Crippen LogP contribution is 2.29. The van der Waals surface area contributed by atoms with E-state index in [4.69, 9.17) is 9.47 Å². The van der Waals surface area contributed by atoms with Crippen molar-refractivity contribution >= 4 is 11.6 Å². The molecule has 0 saturated carbocycles. The molecule has 1 rings (SSSR count). The van der Waals surface area contributed by atoms with Gasteiger partial charge in [-0.15, -0.1) is 0 Å². The molecule has 0 bridgehead atoms. The molecule has 0 atom stereocenters. The minimum Gasteiger partial charge on any atom is -0.493 e. The van der Waals surface area contributed by atoms with Crippen LogP contribution in [0.3, 0.4) is 0 Å². The molecule has 1 aromatic carbocycles. The van der Waals surface area contributed by atoms with Crippen LogP contribution in [0, 0.1) is 0 Å². The maximum Gasteiger partial charge on any atom is 0.238 e. The van der Waals surface area contributed by atoms with E-state index in [1.165, 1.54) is 0 Å². The van der Waals surface area contributed by atoms with Crippen LogP contribution in [0.2, 0.25) is 0 Å². The van der Waals surface area contributed by atoms with Crippen molar-refractivity contribution in [2.45, 2.75) is 19.9 Å². The summed E-state index contributed by atoms with van der Waals surface area (Å²) in [6.45, 7) is 4.26. The monoisotopic (exact) mass is 252 g/mol. The third kappa shape index (κ3) is 4.25. The van der Waals surface area contributed by atoms with E-state index < -0.39 is 0 Å². The summed E-state index contributed by atoms with van der Waals surface area (Å²) in [6, 6.07) is 5.53. The topological polar surface area (TPSA) is 59.6 Å². The predicted molar refractivity (Wildman–Crippen MR) is 71.3 cm³/mol. The molecular weight excluding hydrogens is 232 g/mol. The second kappa shape index (κ2) is 6.86. The van der Waals surface area contributed by atoms with Gasteiger partial charge in [0.2, 0.25) is 5.91 Å². The Kier molecular flexibility index (Phi) is 5.45. The molecule has 0 heterocycles. The summed E-state index contributed by atoms with van der Waals surface area (Å²) in [5.41, 5.74) is 0.684. The van der Waals surface area contributed by atoms with Gasteiger partial charge in [0.05, 0.1) is 20.8 Å². The molecule has 0 saturated heterocycles. The van der Waals surface area contributed by atoms with Crippen molar-refractivity contribution in [1.29, 1.82) is 0 Å². The molecular formula is C13H20N2O3. The summed E-state index contributed by atoms with van der Waals surface area (Å²) in [5, 5.41) is 5.83. The molecule has 0 aliphatic heterocycles. The van der Waals surface area contributed by atoms with E-state index in [0.717, 1.165) is 0 Å². The van der Waals surface area contributed by atoms with Gasteiger partial charge in [0, 0.05) is 17.8 Å². The van der Waals surface area contributed by atoms with Gasteiger partial charge in [0.25, 0.3) is 0 Å². The molecule has 0 aliphatic rings. The Morgan fingerprint density at radius 2 is 1.89 bits per heavy atom. The lowest BCUT2D eigenvalue weighted by atomic mass is 10.2. The summed E-state index contributed by atoms with van der Waals surface area (Å²) >= 11 is 0. The molecule has 5 heteroatoms. The van der Waals surface area contributed by atoms with Gasteiger partial charge in [-0.25, -0.2) is 0 Å². The van der Waals surface area contributed by atoms with Gasteiger partial charge in [-0.1, -0.05) is 13.8 Å². The highest BCUT2D eigenvalue weighted by molar-refractivity contribution is 5.92. The van der Waals surface area contributed by atoms with Crippen LogP contribution in [0.5, 0.6) is 11.5 Å². The molecule has 0 aliphatic carbocycles. The number of hydrogen-bond donors (Lipinski definition) is 2. The minimum atomic E-state index is -0.0871. The number of hydrogen-bond acceptors (Lipinski definition) is 4. The van der Waals surface area contributed by atoms with Crippen LogP contribution in [0.1, 0.15) is 13.8 Å². The van der Waals surface area contributed by atoms with E-state index in [1.54, 1.807) is 32.4 Å². The lowest BCUT2D eigenvalue weighted by Gasteiger charge is -2.11. The van der Waals surface area contributed by atoms with Gasteiger partial charge in [-0.2, -0.15) is 0 Å². The van der Waals surface area contributed by atoms with Crippen molar-refractivity contribution in [3.8, 4) is 11.5 Å². The largest absolute Gasteiger partial charge is 0.493 e. The van der Waals surface area contributed by atoms with E-state index in [2.05, 4.69) is 10.6 Å². The zero-order chi connectivity index (χ0) is 13.5. The lowest BCUT2D eigenvalue weighted by Crippen LogP contribution is -2.32. The average molecular weight is 252 g/mol.